The molecule has 2 rings (SSSR count). The zero-order chi connectivity index (χ0) is 21.9. The molecule has 0 unspecified atom stereocenters. The second-order valence-electron chi connectivity index (χ2n) is 8.20. The number of hydrogen-bond acceptors (Lipinski definition) is 4. The molecule has 1 heterocycles. The Bertz CT molecular complexity index is 678. The van der Waals surface area contributed by atoms with Gasteiger partial charge in [0.25, 0.3) is 0 Å². The second-order valence-corrected chi connectivity index (χ2v) is 8.20. The van der Waals surface area contributed by atoms with Crippen molar-refractivity contribution in [1.82, 2.24) is 9.80 Å². The van der Waals surface area contributed by atoms with Gasteiger partial charge in [0, 0.05) is 63.5 Å². The van der Waals surface area contributed by atoms with Crippen LogP contribution in [-0.2, 0) is 9.59 Å². The summed E-state index contributed by atoms with van der Waals surface area (Å²) < 4.78 is 0. The highest BCUT2D eigenvalue weighted by molar-refractivity contribution is 5.92. The van der Waals surface area contributed by atoms with Crippen molar-refractivity contribution in [3.63, 3.8) is 0 Å². The minimum atomic E-state index is -0.0206. The van der Waals surface area contributed by atoms with Crippen LogP contribution in [0.4, 0.5) is 11.4 Å². The van der Waals surface area contributed by atoms with Gasteiger partial charge in [0.15, 0.2) is 0 Å². The number of benzene rings is 1. The van der Waals surface area contributed by atoms with Gasteiger partial charge in [-0.05, 0) is 56.5 Å². The Morgan fingerprint density at radius 2 is 1.67 bits per heavy atom. The molecule has 0 aliphatic carbocycles. The van der Waals surface area contributed by atoms with E-state index in [-0.39, 0.29) is 11.8 Å². The highest BCUT2D eigenvalue weighted by atomic mass is 16.2. The van der Waals surface area contributed by atoms with Crippen LogP contribution in [0.2, 0.25) is 0 Å². The van der Waals surface area contributed by atoms with Gasteiger partial charge < -0.3 is 20.0 Å². The van der Waals surface area contributed by atoms with Crippen molar-refractivity contribution in [2.75, 3.05) is 56.0 Å². The van der Waals surface area contributed by atoms with Gasteiger partial charge in [-0.1, -0.05) is 20.8 Å². The number of carbonyl (C=O) groups excluding carboxylic acids is 2. The molecule has 168 valence electrons. The molecule has 1 saturated heterocycles. The van der Waals surface area contributed by atoms with Gasteiger partial charge in [0.2, 0.25) is 11.8 Å². The van der Waals surface area contributed by atoms with Crippen molar-refractivity contribution >= 4 is 23.2 Å². The predicted molar refractivity (Wildman–Crippen MR) is 125 cm³/mol. The number of nitrogens with zero attached hydrogens (tertiary/aromatic N) is 3. The number of anilines is 2. The molecule has 1 aliphatic rings. The van der Waals surface area contributed by atoms with E-state index in [1.807, 2.05) is 17.9 Å². The van der Waals surface area contributed by atoms with Crippen LogP contribution in [0.3, 0.4) is 0 Å². The van der Waals surface area contributed by atoms with Crippen LogP contribution in [0.15, 0.2) is 18.2 Å². The first kappa shape index (κ1) is 24.2. The molecule has 1 aliphatic heterocycles. The maximum atomic E-state index is 12.4. The number of hydrogen-bond donors (Lipinski definition) is 1. The van der Waals surface area contributed by atoms with Gasteiger partial charge in [-0.3, -0.25) is 9.59 Å². The summed E-state index contributed by atoms with van der Waals surface area (Å²) in [5, 5.41) is 3.02. The Labute approximate surface area is 182 Å². The van der Waals surface area contributed by atoms with Crippen LogP contribution < -0.4 is 10.2 Å². The van der Waals surface area contributed by atoms with Crippen LogP contribution >= 0.6 is 0 Å². The third-order valence-electron chi connectivity index (χ3n) is 5.80. The quantitative estimate of drug-likeness (QED) is 0.594. The highest BCUT2D eigenvalue weighted by Crippen LogP contribution is 2.24. The van der Waals surface area contributed by atoms with E-state index in [1.165, 1.54) is 5.69 Å². The molecule has 0 aromatic heterocycles. The molecule has 1 fully saturated rings. The summed E-state index contributed by atoms with van der Waals surface area (Å²) in [4.78, 5) is 31.5. The lowest BCUT2D eigenvalue weighted by atomic mass is 10.1. The van der Waals surface area contributed by atoms with E-state index in [4.69, 9.17) is 0 Å². The largest absolute Gasteiger partial charge is 0.369 e. The molecule has 2 amide bonds. The van der Waals surface area contributed by atoms with Crippen molar-refractivity contribution in [1.29, 1.82) is 0 Å². The molecule has 6 nitrogen and oxygen atoms in total. The van der Waals surface area contributed by atoms with Crippen LogP contribution in [0, 0.1) is 6.92 Å². The Morgan fingerprint density at radius 1 is 1.00 bits per heavy atom. The van der Waals surface area contributed by atoms with Crippen molar-refractivity contribution < 1.29 is 9.59 Å². The Kier molecular flexibility index (Phi) is 10.1. The Balaban J connectivity index is 1.80. The van der Waals surface area contributed by atoms with E-state index in [1.54, 1.807) is 0 Å². The number of piperazine rings is 1. The molecule has 0 bridgehead atoms. The minimum Gasteiger partial charge on any atom is -0.369 e. The van der Waals surface area contributed by atoms with Crippen LogP contribution in [0.1, 0.15) is 58.4 Å². The van der Waals surface area contributed by atoms with Gasteiger partial charge in [-0.15, -0.1) is 0 Å². The zero-order valence-corrected chi connectivity index (χ0v) is 19.4. The average Bonchev–Trinajstić information content (AvgIpc) is 2.75. The lowest BCUT2D eigenvalue weighted by Crippen LogP contribution is -2.46. The van der Waals surface area contributed by atoms with E-state index < -0.39 is 0 Å². The SMILES string of the molecule is CCCN(CCC)C(=O)CCCC(=O)Nc1ccc(N2CCN(CC)CC2)cc1C. The molecule has 0 atom stereocenters. The summed E-state index contributed by atoms with van der Waals surface area (Å²) in [7, 11) is 0. The fraction of sp³-hybridized carbons (Fsp3) is 0.667. The van der Waals surface area contributed by atoms with Crippen LogP contribution in [0.5, 0.6) is 0 Å². The smallest absolute Gasteiger partial charge is 0.224 e. The first-order valence-electron chi connectivity index (χ1n) is 11.6. The van der Waals surface area contributed by atoms with E-state index in [0.29, 0.717) is 19.3 Å². The molecule has 6 heteroatoms. The third-order valence-corrected chi connectivity index (χ3v) is 5.80. The zero-order valence-electron chi connectivity index (χ0n) is 19.4. The molecular formula is C24H40N4O2. The fourth-order valence-electron chi connectivity index (χ4n) is 3.98. The minimum absolute atomic E-state index is 0.0206. The molecular weight excluding hydrogens is 376 g/mol. The van der Waals surface area contributed by atoms with E-state index in [2.05, 4.69) is 48.0 Å². The summed E-state index contributed by atoms with van der Waals surface area (Å²) >= 11 is 0. The third kappa shape index (κ3) is 7.31. The standard InChI is InChI=1S/C24H40N4O2/c1-5-13-28(14-6-2)24(30)10-8-9-23(29)25-22-12-11-21(19-20(22)4)27-17-15-26(7-3)16-18-27/h11-12,19H,5-10,13-18H2,1-4H3,(H,25,29). The maximum absolute atomic E-state index is 12.4. The average molecular weight is 417 g/mol. The summed E-state index contributed by atoms with van der Waals surface area (Å²) in [5.74, 6) is 0.142. The molecule has 0 radical (unpaired) electrons. The molecule has 1 aromatic rings. The Hall–Kier alpha value is -2.08. The van der Waals surface area contributed by atoms with Crippen molar-refractivity contribution in [3.8, 4) is 0 Å². The molecule has 1 N–H and O–H groups in total. The van der Waals surface area contributed by atoms with Crippen LogP contribution in [-0.4, -0.2) is 67.4 Å². The first-order valence-corrected chi connectivity index (χ1v) is 11.6. The van der Waals surface area contributed by atoms with Crippen molar-refractivity contribution in [2.24, 2.45) is 0 Å². The number of rotatable bonds is 11. The first-order chi connectivity index (χ1) is 14.5. The maximum Gasteiger partial charge on any atom is 0.224 e. The lowest BCUT2D eigenvalue weighted by molar-refractivity contribution is -0.131. The number of nitrogens with one attached hydrogen (secondary N) is 1. The van der Waals surface area contributed by atoms with Gasteiger partial charge in [0.05, 0.1) is 0 Å². The molecule has 1 aromatic carbocycles. The summed E-state index contributed by atoms with van der Waals surface area (Å²) in [5.41, 5.74) is 3.16. The highest BCUT2D eigenvalue weighted by Gasteiger charge is 2.17. The summed E-state index contributed by atoms with van der Waals surface area (Å²) in [6.45, 7) is 15.4. The van der Waals surface area contributed by atoms with E-state index in [0.717, 1.165) is 69.9 Å². The van der Waals surface area contributed by atoms with Gasteiger partial charge in [-0.25, -0.2) is 0 Å². The van der Waals surface area contributed by atoms with Gasteiger partial charge >= 0.3 is 0 Å². The lowest BCUT2D eigenvalue weighted by Gasteiger charge is -2.35. The van der Waals surface area contributed by atoms with Crippen molar-refractivity contribution in [3.05, 3.63) is 23.8 Å². The van der Waals surface area contributed by atoms with Crippen molar-refractivity contribution in [2.45, 2.75) is 59.8 Å². The van der Waals surface area contributed by atoms with Crippen LogP contribution in [0.25, 0.3) is 0 Å². The van der Waals surface area contributed by atoms with E-state index >= 15 is 0 Å². The fourth-order valence-corrected chi connectivity index (χ4v) is 3.98. The number of aryl methyl sites for hydroxylation is 1. The predicted octanol–water partition coefficient (Wildman–Crippen LogP) is 3.89. The molecule has 30 heavy (non-hydrogen) atoms. The monoisotopic (exact) mass is 416 g/mol. The summed E-state index contributed by atoms with van der Waals surface area (Å²) in [6, 6.07) is 6.26. The molecule has 0 saturated carbocycles. The number of carbonyl (C=O) groups is 2. The number of likely N-dealkylation sites (N-methyl/N-ethyl adjacent to an activating group) is 1. The summed E-state index contributed by atoms with van der Waals surface area (Å²) in [6.07, 6.45) is 3.34. The van der Waals surface area contributed by atoms with Gasteiger partial charge in [-0.2, -0.15) is 0 Å². The van der Waals surface area contributed by atoms with Gasteiger partial charge in [0.1, 0.15) is 0 Å². The number of amides is 2. The topological polar surface area (TPSA) is 55.9 Å². The normalized spacial score (nSPS) is 14.6. The molecule has 0 spiro atoms. The van der Waals surface area contributed by atoms with E-state index in [9.17, 15) is 9.59 Å². The second kappa shape index (κ2) is 12.6. The Morgan fingerprint density at radius 3 is 2.23 bits per heavy atom.